The van der Waals surface area contributed by atoms with Crippen LogP contribution in [0.4, 0.5) is 0 Å². The zero-order valence-electron chi connectivity index (χ0n) is 6.15. The minimum Gasteiger partial charge on any atom is -0.375 e. The number of carbonyl (C=O) groups excluding carboxylic acids is 1. The quantitative estimate of drug-likeness (QED) is 0.534. The summed E-state index contributed by atoms with van der Waals surface area (Å²) < 4.78 is 1.37. The second-order valence-electron chi connectivity index (χ2n) is 2.10. The minimum atomic E-state index is -0.538. The summed E-state index contributed by atoms with van der Waals surface area (Å²) in [6.07, 6.45) is 1.60. The molecular formula is C6H8N4OS. The SMILES string of the molecule is NC(=O)c1cccn1NC(N)=S. The van der Waals surface area contributed by atoms with Crippen LogP contribution >= 0.6 is 12.2 Å². The third kappa shape index (κ3) is 1.73. The Labute approximate surface area is 74.3 Å². The maximum Gasteiger partial charge on any atom is 0.267 e. The number of carbonyl (C=O) groups is 1. The summed E-state index contributed by atoms with van der Waals surface area (Å²) >= 11 is 4.58. The molecule has 0 fully saturated rings. The van der Waals surface area contributed by atoms with Crippen LogP contribution in [0.25, 0.3) is 0 Å². The van der Waals surface area contributed by atoms with Crippen LogP contribution in [0.2, 0.25) is 0 Å². The molecule has 5 N–H and O–H groups in total. The molecule has 1 aromatic heterocycles. The van der Waals surface area contributed by atoms with Crippen LogP contribution in [0.3, 0.4) is 0 Å². The van der Waals surface area contributed by atoms with Gasteiger partial charge in [0.2, 0.25) is 0 Å². The van der Waals surface area contributed by atoms with Crippen LogP contribution < -0.4 is 16.9 Å². The molecule has 0 aliphatic carbocycles. The van der Waals surface area contributed by atoms with Crippen LogP contribution in [0, 0.1) is 0 Å². The Hall–Kier alpha value is -1.56. The van der Waals surface area contributed by atoms with Gasteiger partial charge in [0.25, 0.3) is 5.91 Å². The molecule has 1 aromatic rings. The van der Waals surface area contributed by atoms with Gasteiger partial charge in [-0.25, -0.2) is 0 Å². The van der Waals surface area contributed by atoms with Gasteiger partial charge >= 0.3 is 0 Å². The molecule has 1 rings (SSSR count). The maximum atomic E-state index is 10.7. The molecule has 0 aromatic carbocycles. The van der Waals surface area contributed by atoms with E-state index < -0.39 is 5.91 Å². The second-order valence-corrected chi connectivity index (χ2v) is 2.54. The average molecular weight is 184 g/mol. The zero-order valence-corrected chi connectivity index (χ0v) is 6.97. The topological polar surface area (TPSA) is 86.1 Å². The number of nitrogens with zero attached hydrogens (tertiary/aromatic N) is 1. The summed E-state index contributed by atoms with van der Waals surface area (Å²) in [4.78, 5) is 10.7. The Balaban J connectivity index is 2.91. The number of aromatic nitrogens is 1. The van der Waals surface area contributed by atoms with E-state index in [0.717, 1.165) is 0 Å². The second kappa shape index (κ2) is 3.22. The van der Waals surface area contributed by atoms with Crippen molar-refractivity contribution in [2.45, 2.75) is 0 Å². The van der Waals surface area contributed by atoms with Crippen molar-refractivity contribution in [1.82, 2.24) is 4.68 Å². The van der Waals surface area contributed by atoms with Gasteiger partial charge in [0, 0.05) is 6.20 Å². The Bertz CT molecular complexity index is 319. The number of primary amides is 1. The predicted octanol–water partition coefficient (Wildman–Crippen LogP) is -0.626. The van der Waals surface area contributed by atoms with Crippen molar-refractivity contribution in [2.24, 2.45) is 11.5 Å². The summed E-state index contributed by atoms with van der Waals surface area (Å²) in [5.74, 6) is -0.538. The van der Waals surface area contributed by atoms with Gasteiger partial charge in [-0.05, 0) is 24.4 Å². The molecule has 12 heavy (non-hydrogen) atoms. The highest BCUT2D eigenvalue weighted by atomic mass is 32.1. The van der Waals surface area contributed by atoms with Gasteiger partial charge in [0.1, 0.15) is 5.69 Å². The Morgan fingerprint density at radius 2 is 2.25 bits per heavy atom. The maximum absolute atomic E-state index is 10.7. The lowest BCUT2D eigenvalue weighted by atomic mass is 10.4. The lowest BCUT2D eigenvalue weighted by Crippen LogP contribution is -2.31. The molecule has 0 aliphatic rings. The highest BCUT2D eigenvalue weighted by Crippen LogP contribution is 1.97. The van der Waals surface area contributed by atoms with E-state index in [0.29, 0.717) is 5.69 Å². The monoisotopic (exact) mass is 184 g/mol. The third-order valence-electron chi connectivity index (χ3n) is 1.23. The summed E-state index contributed by atoms with van der Waals surface area (Å²) in [5, 5.41) is 0.0775. The van der Waals surface area contributed by atoms with Gasteiger partial charge in [-0.1, -0.05) is 0 Å². The van der Waals surface area contributed by atoms with Crippen molar-refractivity contribution in [3.05, 3.63) is 24.0 Å². The van der Waals surface area contributed by atoms with Gasteiger partial charge in [0.05, 0.1) is 0 Å². The predicted molar refractivity (Wildman–Crippen MR) is 49.1 cm³/mol. The fraction of sp³-hybridized carbons (Fsp3) is 0. The van der Waals surface area contributed by atoms with Crippen LogP contribution in [-0.2, 0) is 0 Å². The molecule has 1 heterocycles. The van der Waals surface area contributed by atoms with Gasteiger partial charge in [-0.15, -0.1) is 0 Å². The largest absolute Gasteiger partial charge is 0.375 e. The highest BCUT2D eigenvalue weighted by Gasteiger charge is 2.05. The molecule has 0 spiro atoms. The fourth-order valence-electron chi connectivity index (χ4n) is 0.798. The number of nitrogens with two attached hydrogens (primary N) is 2. The highest BCUT2D eigenvalue weighted by molar-refractivity contribution is 7.80. The van der Waals surface area contributed by atoms with Crippen molar-refractivity contribution in [3.63, 3.8) is 0 Å². The van der Waals surface area contributed by atoms with Crippen LogP contribution in [0.1, 0.15) is 10.5 Å². The summed E-state index contributed by atoms with van der Waals surface area (Å²) in [6, 6.07) is 3.22. The van der Waals surface area contributed by atoms with E-state index in [1.54, 1.807) is 18.3 Å². The Morgan fingerprint density at radius 1 is 1.58 bits per heavy atom. The van der Waals surface area contributed by atoms with Crippen molar-refractivity contribution in [3.8, 4) is 0 Å². The number of hydrogen-bond donors (Lipinski definition) is 3. The molecule has 64 valence electrons. The number of hydrogen-bond acceptors (Lipinski definition) is 2. The molecule has 0 saturated carbocycles. The molecule has 6 heteroatoms. The summed E-state index contributed by atoms with van der Waals surface area (Å²) in [6.45, 7) is 0. The average Bonchev–Trinajstić information content (AvgIpc) is 2.33. The number of amides is 1. The molecule has 5 nitrogen and oxygen atoms in total. The molecule has 0 unspecified atom stereocenters. The fourth-order valence-corrected chi connectivity index (χ4v) is 0.896. The molecule has 0 bridgehead atoms. The van der Waals surface area contributed by atoms with Crippen LogP contribution in [-0.4, -0.2) is 15.7 Å². The van der Waals surface area contributed by atoms with Crippen molar-refractivity contribution in [1.29, 1.82) is 0 Å². The number of nitrogens with one attached hydrogen (secondary N) is 1. The molecule has 0 atom stereocenters. The first kappa shape index (κ1) is 8.54. The van der Waals surface area contributed by atoms with Crippen molar-refractivity contribution < 1.29 is 4.79 Å². The van der Waals surface area contributed by atoms with Crippen LogP contribution in [0.5, 0.6) is 0 Å². The van der Waals surface area contributed by atoms with E-state index in [9.17, 15) is 4.79 Å². The normalized spacial score (nSPS) is 9.33. The van der Waals surface area contributed by atoms with E-state index in [1.165, 1.54) is 4.68 Å². The first-order valence-electron chi connectivity index (χ1n) is 3.15. The van der Waals surface area contributed by atoms with E-state index in [1.807, 2.05) is 0 Å². The molecular weight excluding hydrogens is 176 g/mol. The first-order chi connectivity index (χ1) is 5.61. The standard InChI is InChI=1S/C6H8N4OS/c7-5(11)4-2-1-3-10(4)9-6(8)12/h1-3H,(H2,7,11)(H3,8,9,12). The van der Waals surface area contributed by atoms with Gasteiger partial charge in [0.15, 0.2) is 5.11 Å². The van der Waals surface area contributed by atoms with Crippen molar-refractivity contribution >= 4 is 23.2 Å². The van der Waals surface area contributed by atoms with Crippen LogP contribution in [0.15, 0.2) is 18.3 Å². The number of rotatable bonds is 2. The van der Waals surface area contributed by atoms with Gasteiger partial charge in [-0.2, -0.15) is 0 Å². The first-order valence-corrected chi connectivity index (χ1v) is 3.55. The van der Waals surface area contributed by atoms with E-state index in [4.69, 9.17) is 11.5 Å². The summed E-state index contributed by atoms with van der Waals surface area (Å²) in [7, 11) is 0. The lowest BCUT2D eigenvalue weighted by molar-refractivity contribution is 0.0993. The molecule has 0 aliphatic heterocycles. The lowest BCUT2D eigenvalue weighted by Gasteiger charge is -2.06. The Morgan fingerprint density at radius 3 is 2.75 bits per heavy atom. The Kier molecular flexibility index (Phi) is 2.29. The van der Waals surface area contributed by atoms with E-state index in [2.05, 4.69) is 17.6 Å². The molecule has 0 radical (unpaired) electrons. The van der Waals surface area contributed by atoms with E-state index in [-0.39, 0.29) is 5.11 Å². The van der Waals surface area contributed by atoms with E-state index >= 15 is 0 Å². The zero-order chi connectivity index (χ0) is 9.14. The smallest absolute Gasteiger partial charge is 0.267 e. The summed E-state index contributed by atoms with van der Waals surface area (Å²) in [5.41, 5.74) is 13.1. The minimum absolute atomic E-state index is 0.0775. The molecule has 0 saturated heterocycles. The van der Waals surface area contributed by atoms with Gasteiger partial charge in [-0.3, -0.25) is 14.9 Å². The van der Waals surface area contributed by atoms with Crippen molar-refractivity contribution in [2.75, 3.05) is 5.43 Å². The number of thiocarbonyl (C=S) groups is 1. The van der Waals surface area contributed by atoms with Gasteiger partial charge < -0.3 is 11.5 Å². The molecule has 1 amide bonds. The third-order valence-corrected chi connectivity index (χ3v) is 1.32.